The van der Waals surface area contributed by atoms with Crippen molar-refractivity contribution in [2.45, 2.75) is 19.6 Å². The second kappa shape index (κ2) is 5.87. The molecule has 0 fully saturated rings. The van der Waals surface area contributed by atoms with E-state index >= 15 is 0 Å². The van der Waals surface area contributed by atoms with Gasteiger partial charge in [0.15, 0.2) is 11.5 Å². The maximum Gasteiger partial charge on any atom is 0.264 e. The number of fused-ring (bicyclic) bond motifs is 1. The minimum absolute atomic E-state index is 0.161. The molecular weight excluding hydrogens is 266 g/mol. The van der Waals surface area contributed by atoms with E-state index < -0.39 is 6.10 Å². The maximum atomic E-state index is 12.2. The quantitative estimate of drug-likeness (QED) is 0.941. The van der Waals surface area contributed by atoms with Gasteiger partial charge in [-0.3, -0.25) is 4.79 Å². The smallest absolute Gasteiger partial charge is 0.264 e. The van der Waals surface area contributed by atoms with Crippen LogP contribution in [-0.4, -0.2) is 18.6 Å². The first-order valence-electron chi connectivity index (χ1n) is 6.94. The van der Waals surface area contributed by atoms with Crippen LogP contribution < -0.4 is 14.8 Å². The molecule has 1 atom stereocenters. The Balaban J connectivity index is 1.59. The molecule has 0 unspecified atom stereocenters. The SMILES string of the molecule is Cc1cccc(CNC(=O)[C@@H]2COc3ccccc3O2)c1. The first kappa shape index (κ1) is 13.5. The predicted octanol–water partition coefficient (Wildman–Crippen LogP) is 2.45. The highest BCUT2D eigenvalue weighted by atomic mass is 16.6. The van der Waals surface area contributed by atoms with E-state index in [2.05, 4.69) is 5.32 Å². The summed E-state index contributed by atoms with van der Waals surface area (Å²) < 4.78 is 11.2. The standard InChI is InChI=1S/C17H17NO3/c1-12-5-4-6-13(9-12)10-18-17(19)16-11-20-14-7-2-3-8-15(14)21-16/h2-9,16H,10-11H2,1H3,(H,18,19)/t16-/m0/s1. The van der Waals surface area contributed by atoms with Crippen LogP contribution in [0, 0.1) is 6.92 Å². The third kappa shape index (κ3) is 3.16. The zero-order valence-electron chi connectivity index (χ0n) is 11.8. The number of para-hydroxylation sites is 2. The van der Waals surface area contributed by atoms with Gasteiger partial charge in [-0.2, -0.15) is 0 Å². The van der Waals surface area contributed by atoms with Crippen molar-refractivity contribution >= 4 is 5.91 Å². The number of nitrogens with one attached hydrogen (secondary N) is 1. The second-order valence-electron chi connectivity index (χ2n) is 5.07. The highest BCUT2D eigenvalue weighted by Crippen LogP contribution is 2.30. The van der Waals surface area contributed by atoms with Crippen molar-refractivity contribution in [3.8, 4) is 11.5 Å². The van der Waals surface area contributed by atoms with Gasteiger partial charge in [0, 0.05) is 6.54 Å². The van der Waals surface area contributed by atoms with Gasteiger partial charge in [0.1, 0.15) is 6.61 Å². The lowest BCUT2D eigenvalue weighted by Gasteiger charge is -2.25. The minimum atomic E-state index is -0.607. The van der Waals surface area contributed by atoms with Crippen LogP contribution in [-0.2, 0) is 11.3 Å². The average molecular weight is 283 g/mol. The van der Waals surface area contributed by atoms with E-state index in [0.29, 0.717) is 18.0 Å². The number of ether oxygens (including phenoxy) is 2. The molecule has 0 saturated heterocycles. The summed E-state index contributed by atoms with van der Waals surface area (Å²) in [6.45, 7) is 2.75. The molecule has 4 heteroatoms. The molecule has 2 aromatic carbocycles. The lowest BCUT2D eigenvalue weighted by atomic mass is 10.1. The Morgan fingerprint density at radius 1 is 1.19 bits per heavy atom. The molecule has 1 N–H and O–H groups in total. The van der Waals surface area contributed by atoms with Gasteiger partial charge < -0.3 is 14.8 Å². The maximum absolute atomic E-state index is 12.2. The molecule has 1 amide bonds. The van der Waals surface area contributed by atoms with E-state index in [1.54, 1.807) is 6.07 Å². The first-order chi connectivity index (χ1) is 10.2. The van der Waals surface area contributed by atoms with Gasteiger partial charge in [-0.25, -0.2) is 0 Å². The van der Waals surface area contributed by atoms with E-state index in [0.717, 1.165) is 5.56 Å². The number of hydrogen-bond acceptors (Lipinski definition) is 3. The normalized spacial score (nSPS) is 16.3. The molecule has 108 valence electrons. The molecule has 1 heterocycles. The van der Waals surface area contributed by atoms with Crippen molar-refractivity contribution in [2.24, 2.45) is 0 Å². The Kier molecular flexibility index (Phi) is 3.77. The van der Waals surface area contributed by atoms with Crippen LogP contribution in [0.15, 0.2) is 48.5 Å². The molecular formula is C17H17NO3. The van der Waals surface area contributed by atoms with Crippen LogP contribution in [0.25, 0.3) is 0 Å². The molecule has 0 aromatic heterocycles. The zero-order chi connectivity index (χ0) is 14.7. The van der Waals surface area contributed by atoms with Crippen LogP contribution >= 0.6 is 0 Å². The topological polar surface area (TPSA) is 47.6 Å². The fraction of sp³-hybridized carbons (Fsp3) is 0.235. The zero-order valence-corrected chi connectivity index (χ0v) is 11.8. The Morgan fingerprint density at radius 2 is 2.00 bits per heavy atom. The molecule has 0 aliphatic carbocycles. The molecule has 3 rings (SSSR count). The van der Waals surface area contributed by atoms with Crippen molar-refractivity contribution in [3.63, 3.8) is 0 Å². The van der Waals surface area contributed by atoms with Gasteiger partial charge in [0.05, 0.1) is 0 Å². The van der Waals surface area contributed by atoms with Gasteiger partial charge in [0.25, 0.3) is 5.91 Å². The summed E-state index contributed by atoms with van der Waals surface area (Å²) in [5, 5.41) is 2.88. The number of amides is 1. The number of benzene rings is 2. The summed E-state index contributed by atoms with van der Waals surface area (Å²) in [4.78, 5) is 12.2. The van der Waals surface area contributed by atoms with Crippen LogP contribution in [0.1, 0.15) is 11.1 Å². The number of carbonyl (C=O) groups excluding carboxylic acids is 1. The third-order valence-electron chi connectivity index (χ3n) is 3.35. The van der Waals surface area contributed by atoms with Crippen molar-refractivity contribution < 1.29 is 14.3 Å². The molecule has 0 saturated carbocycles. The lowest BCUT2D eigenvalue weighted by molar-refractivity contribution is -0.130. The number of rotatable bonds is 3. The second-order valence-corrected chi connectivity index (χ2v) is 5.07. The van der Waals surface area contributed by atoms with Gasteiger partial charge in [-0.1, -0.05) is 42.0 Å². The fourth-order valence-corrected chi connectivity index (χ4v) is 2.27. The number of aryl methyl sites for hydroxylation is 1. The average Bonchev–Trinajstić information content (AvgIpc) is 2.52. The van der Waals surface area contributed by atoms with Gasteiger partial charge in [0.2, 0.25) is 6.10 Å². The summed E-state index contributed by atoms with van der Waals surface area (Å²) >= 11 is 0. The molecule has 1 aliphatic rings. The van der Waals surface area contributed by atoms with Crippen LogP contribution in [0.2, 0.25) is 0 Å². The molecule has 0 radical (unpaired) electrons. The highest BCUT2D eigenvalue weighted by Gasteiger charge is 2.26. The van der Waals surface area contributed by atoms with Crippen LogP contribution in [0.4, 0.5) is 0 Å². The van der Waals surface area contributed by atoms with E-state index in [1.807, 2.05) is 49.4 Å². The lowest BCUT2D eigenvalue weighted by Crippen LogP contribution is -2.43. The van der Waals surface area contributed by atoms with Gasteiger partial charge in [-0.05, 0) is 24.6 Å². The molecule has 4 nitrogen and oxygen atoms in total. The van der Waals surface area contributed by atoms with Crippen molar-refractivity contribution in [1.29, 1.82) is 0 Å². The monoisotopic (exact) mass is 283 g/mol. The summed E-state index contributed by atoms with van der Waals surface area (Å²) in [7, 11) is 0. The largest absolute Gasteiger partial charge is 0.485 e. The number of hydrogen-bond donors (Lipinski definition) is 1. The Hall–Kier alpha value is -2.49. The van der Waals surface area contributed by atoms with Gasteiger partial charge >= 0.3 is 0 Å². The van der Waals surface area contributed by atoms with Crippen LogP contribution in [0.5, 0.6) is 11.5 Å². The molecule has 2 aromatic rings. The Morgan fingerprint density at radius 3 is 2.81 bits per heavy atom. The Labute approximate surface area is 123 Å². The molecule has 1 aliphatic heterocycles. The van der Waals surface area contributed by atoms with Crippen LogP contribution in [0.3, 0.4) is 0 Å². The Bertz CT molecular complexity index is 654. The van der Waals surface area contributed by atoms with Crippen molar-refractivity contribution in [1.82, 2.24) is 5.32 Å². The van der Waals surface area contributed by atoms with E-state index in [9.17, 15) is 4.79 Å². The number of carbonyl (C=O) groups is 1. The summed E-state index contributed by atoms with van der Waals surface area (Å²) in [5.74, 6) is 1.13. The first-order valence-corrected chi connectivity index (χ1v) is 6.94. The fourth-order valence-electron chi connectivity index (χ4n) is 2.27. The molecule has 0 bridgehead atoms. The van der Waals surface area contributed by atoms with E-state index in [-0.39, 0.29) is 12.5 Å². The molecule has 21 heavy (non-hydrogen) atoms. The predicted molar refractivity (Wildman–Crippen MR) is 79.4 cm³/mol. The van der Waals surface area contributed by atoms with E-state index in [4.69, 9.17) is 9.47 Å². The van der Waals surface area contributed by atoms with Crippen molar-refractivity contribution in [2.75, 3.05) is 6.61 Å². The summed E-state index contributed by atoms with van der Waals surface area (Å²) in [6, 6.07) is 15.4. The summed E-state index contributed by atoms with van der Waals surface area (Å²) in [6.07, 6.45) is -0.607. The highest BCUT2D eigenvalue weighted by molar-refractivity contribution is 5.81. The van der Waals surface area contributed by atoms with Gasteiger partial charge in [-0.15, -0.1) is 0 Å². The van der Waals surface area contributed by atoms with E-state index in [1.165, 1.54) is 5.56 Å². The summed E-state index contributed by atoms with van der Waals surface area (Å²) in [5.41, 5.74) is 2.24. The molecule has 0 spiro atoms. The third-order valence-corrected chi connectivity index (χ3v) is 3.35. The minimum Gasteiger partial charge on any atom is -0.485 e. The van der Waals surface area contributed by atoms with Crippen molar-refractivity contribution in [3.05, 3.63) is 59.7 Å².